The van der Waals surface area contributed by atoms with Crippen molar-refractivity contribution >= 4 is 12.6 Å². The average Bonchev–Trinajstić information content (AvgIpc) is 2.14. The summed E-state index contributed by atoms with van der Waals surface area (Å²) in [6.45, 7) is 3.95. The molecule has 8 heavy (non-hydrogen) atoms. The summed E-state index contributed by atoms with van der Waals surface area (Å²) >= 11 is 4.34. The second-order valence-electron chi connectivity index (χ2n) is 2.27. The molecular weight excluding hydrogens is 120 g/mol. The molecule has 1 fully saturated rings. The fraction of sp³-hybridized carbons (Fsp3) is 1.00. The standard InChI is InChI=1S/C6H12OS/c1-2-5-3-7-4-6(5)8/h5-6,8H,2-4H2,1H3. The van der Waals surface area contributed by atoms with E-state index < -0.39 is 0 Å². The molecule has 0 amide bonds. The minimum atomic E-state index is 0.500. The molecule has 0 aromatic carbocycles. The molecule has 0 N–H and O–H groups in total. The summed E-state index contributed by atoms with van der Waals surface area (Å²) in [5.41, 5.74) is 0. The third kappa shape index (κ3) is 1.17. The molecule has 0 aromatic heterocycles. The van der Waals surface area contributed by atoms with Crippen LogP contribution in [0.3, 0.4) is 0 Å². The van der Waals surface area contributed by atoms with Gasteiger partial charge in [0.25, 0.3) is 0 Å². The highest BCUT2D eigenvalue weighted by Gasteiger charge is 2.22. The molecule has 0 saturated carbocycles. The lowest BCUT2D eigenvalue weighted by atomic mass is 10.1. The average molecular weight is 132 g/mol. The van der Waals surface area contributed by atoms with Crippen molar-refractivity contribution < 1.29 is 4.74 Å². The van der Waals surface area contributed by atoms with Crippen molar-refractivity contribution in [2.45, 2.75) is 18.6 Å². The second kappa shape index (κ2) is 2.74. The van der Waals surface area contributed by atoms with Crippen LogP contribution in [0.15, 0.2) is 0 Å². The Hall–Kier alpha value is 0.310. The Balaban J connectivity index is 2.30. The number of thiol groups is 1. The largest absolute Gasteiger partial charge is 0.380 e. The van der Waals surface area contributed by atoms with E-state index in [0.29, 0.717) is 11.2 Å². The van der Waals surface area contributed by atoms with Gasteiger partial charge in [-0.1, -0.05) is 6.92 Å². The van der Waals surface area contributed by atoms with Crippen LogP contribution in [0.2, 0.25) is 0 Å². The first-order valence-electron chi connectivity index (χ1n) is 3.10. The van der Waals surface area contributed by atoms with Crippen molar-refractivity contribution in [2.75, 3.05) is 13.2 Å². The van der Waals surface area contributed by atoms with Gasteiger partial charge in [-0.05, 0) is 12.3 Å². The van der Waals surface area contributed by atoms with Gasteiger partial charge < -0.3 is 4.74 Å². The van der Waals surface area contributed by atoms with Crippen LogP contribution < -0.4 is 0 Å². The summed E-state index contributed by atoms with van der Waals surface area (Å²) in [6.07, 6.45) is 1.20. The molecule has 0 spiro atoms. The molecule has 1 heterocycles. The van der Waals surface area contributed by atoms with E-state index in [4.69, 9.17) is 4.74 Å². The summed E-state index contributed by atoms with van der Waals surface area (Å²) in [6, 6.07) is 0. The number of hydrogen-bond donors (Lipinski definition) is 1. The smallest absolute Gasteiger partial charge is 0.0586 e. The molecule has 1 saturated heterocycles. The second-order valence-corrected chi connectivity index (χ2v) is 2.94. The number of rotatable bonds is 1. The molecule has 0 radical (unpaired) electrons. The first-order chi connectivity index (χ1) is 3.84. The first-order valence-corrected chi connectivity index (χ1v) is 3.62. The zero-order chi connectivity index (χ0) is 5.98. The quantitative estimate of drug-likeness (QED) is 0.530. The highest BCUT2D eigenvalue weighted by atomic mass is 32.1. The summed E-state index contributed by atoms with van der Waals surface area (Å²) in [7, 11) is 0. The van der Waals surface area contributed by atoms with E-state index in [1.165, 1.54) is 6.42 Å². The van der Waals surface area contributed by atoms with E-state index in [1.807, 2.05) is 0 Å². The van der Waals surface area contributed by atoms with Crippen LogP contribution >= 0.6 is 12.6 Å². The molecule has 48 valence electrons. The highest BCUT2D eigenvalue weighted by molar-refractivity contribution is 7.81. The van der Waals surface area contributed by atoms with E-state index in [9.17, 15) is 0 Å². The SMILES string of the molecule is CCC1COCC1S. The van der Waals surface area contributed by atoms with Crippen molar-refractivity contribution in [3.05, 3.63) is 0 Å². The van der Waals surface area contributed by atoms with Crippen LogP contribution in [0.5, 0.6) is 0 Å². The van der Waals surface area contributed by atoms with Crippen molar-refractivity contribution in [3.63, 3.8) is 0 Å². The number of hydrogen-bond acceptors (Lipinski definition) is 2. The first kappa shape index (κ1) is 6.43. The van der Waals surface area contributed by atoms with E-state index in [-0.39, 0.29) is 0 Å². The van der Waals surface area contributed by atoms with Gasteiger partial charge in [0.15, 0.2) is 0 Å². The van der Waals surface area contributed by atoms with Crippen LogP contribution in [-0.2, 0) is 4.74 Å². The Labute approximate surface area is 55.8 Å². The van der Waals surface area contributed by atoms with Gasteiger partial charge in [-0.3, -0.25) is 0 Å². The van der Waals surface area contributed by atoms with Gasteiger partial charge in [0.2, 0.25) is 0 Å². The van der Waals surface area contributed by atoms with Gasteiger partial charge in [0.1, 0.15) is 0 Å². The zero-order valence-corrected chi connectivity index (χ0v) is 6.03. The third-order valence-corrected chi connectivity index (χ3v) is 2.26. The Morgan fingerprint density at radius 3 is 2.62 bits per heavy atom. The van der Waals surface area contributed by atoms with Crippen LogP contribution in [0.25, 0.3) is 0 Å². The molecular formula is C6H12OS. The molecule has 0 aromatic rings. The normalized spacial score (nSPS) is 38.2. The topological polar surface area (TPSA) is 9.23 Å². The van der Waals surface area contributed by atoms with E-state index >= 15 is 0 Å². The van der Waals surface area contributed by atoms with Gasteiger partial charge in [-0.2, -0.15) is 12.6 Å². The van der Waals surface area contributed by atoms with Crippen molar-refractivity contribution in [1.29, 1.82) is 0 Å². The van der Waals surface area contributed by atoms with Crippen molar-refractivity contribution in [1.82, 2.24) is 0 Å². The molecule has 1 aliphatic rings. The fourth-order valence-electron chi connectivity index (χ4n) is 0.977. The number of ether oxygens (including phenoxy) is 1. The van der Waals surface area contributed by atoms with Crippen LogP contribution in [-0.4, -0.2) is 18.5 Å². The van der Waals surface area contributed by atoms with Gasteiger partial charge in [-0.15, -0.1) is 0 Å². The van der Waals surface area contributed by atoms with Gasteiger partial charge >= 0.3 is 0 Å². The Morgan fingerprint density at radius 1 is 1.62 bits per heavy atom. The predicted molar refractivity (Wildman–Crippen MR) is 37.4 cm³/mol. The summed E-state index contributed by atoms with van der Waals surface area (Å²) in [5.74, 6) is 0.707. The lowest BCUT2D eigenvalue weighted by molar-refractivity contribution is 0.185. The van der Waals surface area contributed by atoms with Crippen LogP contribution in [0.4, 0.5) is 0 Å². The Kier molecular flexibility index (Phi) is 2.20. The van der Waals surface area contributed by atoms with Gasteiger partial charge in [0.05, 0.1) is 13.2 Å². The lowest BCUT2D eigenvalue weighted by Gasteiger charge is -2.06. The maximum Gasteiger partial charge on any atom is 0.0586 e. The molecule has 2 atom stereocenters. The van der Waals surface area contributed by atoms with Crippen LogP contribution in [0.1, 0.15) is 13.3 Å². The molecule has 0 bridgehead atoms. The molecule has 1 rings (SSSR count). The van der Waals surface area contributed by atoms with E-state index in [0.717, 1.165) is 13.2 Å². The Morgan fingerprint density at radius 2 is 2.38 bits per heavy atom. The fourth-order valence-corrected chi connectivity index (χ4v) is 1.38. The minimum Gasteiger partial charge on any atom is -0.380 e. The summed E-state index contributed by atoms with van der Waals surface area (Å²) in [4.78, 5) is 0. The highest BCUT2D eigenvalue weighted by Crippen LogP contribution is 2.20. The predicted octanol–water partition coefficient (Wildman–Crippen LogP) is 1.34. The lowest BCUT2D eigenvalue weighted by Crippen LogP contribution is -2.09. The maximum absolute atomic E-state index is 5.18. The monoisotopic (exact) mass is 132 g/mol. The van der Waals surface area contributed by atoms with E-state index in [2.05, 4.69) is 19.6 Å². The van der Waals surface area contributed by atoms with Crippen molar-refractivity contribution in [3.8, 4) is 0 Å². The third-order valence-electron chi connectivity index (χ3n) is 1.69. The zero-order valence-electron chi connectivity index (χ0n) is 5.13. The minimum absolute atomic E-state index is 0.500. The molecule has 1 nitrogen and oxygen atoms in total. The summed E-state index contributed by atoms with van der Waals surface area (Å²) < 4.78 is 5.18. The van der Waals surface area contributed by atoms with Crippen molar-refractivity contribution in [2.24, 2.45) is 5.92 Å². The molecule has 1 aliphatic heterocycles. The summed E-state index contributed by atoms with van der Waals surface area (Å²) in [5, 5.41) is 0.500. The maximum atomic E-state index is 5.18. The molecule has 2 heteroatoms. The van der Waals surface area contributed by atoms with Gasteiger partial charge in [-0.25, -0.2) is 0 Å². The molecule has 2 unspecified atom stereocenters. The van der Waals surface area contributed by atoms with Gasteiger partial charge in [0, 0.05) is 5.25 Å². The molecule has 0 aliphatic carbocycles. The van der Waals surface area contributed by atoms with Crippen LogP contribution in [0, 0.1) is 5.92 Å². The van der Waals surface area contributed by atoms with E-state index in [1.54, 1.807) is 0 Å². The Bertz CT molecular complexity index is 74.9.